The zero-order valence-corrected chi connectivity index (χ0v) is 10.5. The van der Waals surface area contributed by atoms with Gasteiger partial charge in [-0.1, -0.05) is 38.0 Å². The summed E-state index contributed by atoms with van der Waals surface area (Å²) in [7, 11) is 0. The Morgan fingerprint density at radius 1 is 1.06 bits per heavy atom. The molecule has 0 saturated heterocycles. The maximum Gasteiger partial charge on any atom is 0.132 e. The highest BCUT2D eigenvalue weighted by Gasteiger charge is 2.07. The molecule has 92 valence electrons. The lowest BCUT2D eigenvalue weighted by Crippen LogP contribution is -1.97. The van der Waals surface area contributed by atoms with Gasteiger partial charge < -0.3 is 0 Å². The van der Waals surface area contributed by atoms with Crippen LogP contribution in [-0.4, -0.2) is 20.0 Å². The Hall–Kier alpha value is -1.97. The summed E-state index contributed by atoms with van der Waals surface area (Å²) in [6, 6.07) is 8.01. The highest BCUT2D eigenvalue weighted by atomic mass is 15.3. The maximum atomic E-state index is 4.63. The smallest absolute Gasteiger partial charge is 0.132 e. The van der Waals surface area contributed by atoms with E-state index in [2.05, 4.69) is 28.3 Å². The molecule has 0 spiro atoms. The lowest BCUT2D eigenvalue weighted by molar-refractivity contribution is 0.557. The number of benzene rings is 1. The fraction of sp³-hybridized carbons (Fsp3) is 0.357. The molecule has 3 rings (SSSR count). The van der Waals surface area contributed by atoms with Crippen molar-refractivity contribution in [2.45, 2.75) is 32.7 Å². The van der Waals surface area contributed by atoms with Gasteiger partial charge in [-0.3, -0.25) is 4.68 Å². The molecule has 0 saturated carbocycles. The molecule has 0 unspecified atom stereocenters. The predicted octanol–water partition coefficient (Wildman–Crippen LogP) is 3.17. The van der Waals surface area contributed by atoms with Gasteiger partial charge in [0.15, 0.2) is 0 Å². The van der Waals surface area contributed by atoms with E-state index < -0.39 is 0 Å². The van der Waals surface area contributed by atoms with E-state index in [4.69, 9.17) is 0 Å². The van der Waals surface area contributed by atoms with Crippen LogP contribution in [0.25, 0.3) is 21.9 Å². The molecule has 1 aromatic carbocycles. The number of hydrogen-bond donors (Lipinski definition) is 0. The molecular weight excluding hydrogens is 224 g/mol. The van der Waals surface area contributed by atoms with E-state index in [1.807, 2.05) is 29.1 Å². The van der Waals surface area contributed by atoms with Crippen LogP contribution in [0.15, 0.2) is 30.5 Å². The van der Waals surface area contributed by atoms with Gasteiger partial charge >= 0.3 is 0 Å². The third-order valence-electron chi connectivity index (χ3n) is 3.16. The summed E-state index contributed by atoms with van der Waals surface area (Å²) in [5.74, 6) is 0. The minimum Gasteiger partial charge on any atom is -0.270 e. The van der Waals surface area contributed by atoms with E-state index in [1.165, 1.54) is 12.8 Å². The van der Waals surface area contributed by atoms with Crippen LogP contribution in [0.4, 0.5) is 0 Å². The third-order valence-corrected chi connectivity index (χ3v) is 3.16. The lowest BCUT2D eigenvalue weighted by atomic mass is 10.2. The Morgan fingerprint density at radius 2 is 1.89 bits per heavy atom. The summed E-state index contributed by atoms with van der Waals surface area (Å²) in [4.78, 5) is 0. The second kappa shape index (κ2) is 4.72. The molecule has 0 N–H and O–H groups in total. The van der Waals surface area contributed by atoms with Gasteiger partial charge in [-0.15, -0.1) is 10.2 Å². The Balaban J connectivity index is 2.03. The summed E-state index contributed by atoms with van der Waals surface area (Å²) in [6.07, 6.45) is 5.62. The van der Waals surface area contributed by atoms with E-state index in [0.717, 1.165) is 34.9 Å². The second-order valence-corrected chi connectivity index (χ2v) is 4.55. The topological polar surface area (TPSA) is 43.6 Å². The summed E-state index contributed by atoms with van der Waals surface area (Å²) in [5, 5.41) is 14.1. The van der Waals surface area contributed by atoms with Gasteiger partial charge in [0.2, 0.25) is 0 Å². The summed E-state index contributed by atoms with van der Waals surface area (Å²) in [6.45, 7) is 3.16. The molecule has 4 nitrogen and oxygen atoms in total. The van der Waals surface area contributed by atoms with Crippen molar-refractivity contribution in [3.8, 4) is 0 Å². The number of fused-ring (bicyclic) bond motifs is 3. The average molecular weight is 240 g/mol. The van der Waals surface area contributed by atoms with Crippen molar-refractivity contribution in [2.75, 3.05) is 0 Å². The first-order chi connectivity index (χ1) is 8.88. The van der Waals surface area contributed by atoms with Crippen LogP contribution in [0, 0.1) is 0 Å². The van der Waals surface area contributed by atoms with Crippen LogP contribution in [0.1, 0.15) is 26.2 Å². The largest absolute Gasteiger partial charge is 0.270 e. The molecule has 2 heterocycles. The number of hydrogen-bond acceptors (Lipinski definition) is 3. The maximum absolute atomic E-state index is 4.63. The molecule has 0 atom stereocenters. The van der Waals surface area contributed by atoms with Crippen molar-refractivity contribution in [3.05, 3.63) is 30.5 Å². The molecule has 2 aromatic heterocycles. The van der Waals surface area contributed by atoms with Gasteiger partial charge in [0.25, 0.3) is 0 Å². The first-order valence-electron chi connectivity index (χ1n) is 6.47. The van der Waals surface area contributed by atoms with Crippen LogP contribution in [0.5, 0.6) is 0 Å². The zero-order valence-electron chi connectivity index (χ0n) is 10.5. The van der Waals surface area contributed by atoms with Crippen LogP contribution in [-0.2, 0) is 6.54 Å². The predicted molar refractivity (Wildman–Crippen MR) is 72.4 cm³/mol. The SMILES string of the molecule is CCCCCn1cc2nnc3ccccc3c2n1. The van der Waals surface area contributed by atoms with Crippen molar-refractivity contribution >= 4 is 21.9 Å². The number of unbranched alkanes of at least 4 members (excludes halogenated alkanes) is 2. The molecule has 0 aliphatic heterocycles. The van der Waals surface area contributed by atoms with Crippen molar-refractivity contribution < 1.29 is 0 Å². The lowest BCUT2D eigenvalue weighted by Gasteiger charge is -1.98. The number of aromatic nitrogens is 4. The van der Waals surface area contributed by atoms with E-state index in [1.54, 1.807) is 0 Å². The zero-order chi connectivity index (χ0) is 12.4. The Morgan fingerprint density at radius 3 is 2.78 bits per heavy atom. The minimum absolute atomic E-state index is 0.880. The van der Waals surface area contributed by atoms with Crippen LogP contribution >= 0.6 is 0 Å². The quantitative estimate of drug-likeness (QED) is 0.658. The number of rotatable bonds is 4. The fourth-order valence-electron chi connectivity index (χ4n) is 2.18. The van der Waals surface area contributed by atoms with Gasteiger partial charge in [-0.25, -0.2) is 0 Å². The van der Waals surface area contributed by atoms with E-state index in [9.17, 15) is 0 Å². The molecule has 0 amide bonds. The molecule has 18 heavy (non-hydrogen) atoms. The van der Waals surface area contributed by atoms with Gasteiger partial charge in [0.05, 0.1) is 11.7 Å². The summed E-state index contributed by atoms with van der Waals surface area (Å²) < 4.78 is 1.99. The summed E-state index contributed by atoms with van der Waals surface area (Å²) >= 11 is 0. The average Bonchev–Trinajstić information content (AvgIpc) is 2.82. The van der Waals surface area contributed by atoms with E-state index in [0.29, 0.717) is 0 Å². The Kier molecular flexibility index (Phi) is 2.92. The minimum atomic E-state index is 0.880. The van der Waals surface area contributed by atoms with E-state index in [-0.39, 0.29) is 0 Å². The van der Waals surface area contributed by atoms with Crippen LogP contribution in [0.3, 0.4) is 0 Å². The van der Waals surface area contributed by atoms with Crippen molar-refractivity contribution in [1.29, 1.82) is 0 Å². The molecule has 3 aromatic rings. The first-order valence-corrected chi connectivity index (χ1v) is 6.47. The van der Waals surface area contributed by atoms with Crippen molar-refractivity contribution in [1.82, 2.24) is 20.0 Å². The van der Waals surface area contributed by atoms with Crippen LogP contribution in [0.2, 0.25) is 0 Å². The van der Waals surface area contributed by atoms with Gasteiger partial charge in [0, 0.05) is 11.9 Å². The summed E-state index contributed by atoms with van der Waals surface area (Å²) in [5.41, 5.74) is 2.74. The molecule has 4 heteroatoms. The number of aryl methyl sites for hydroxylation is 1. The van der Waals surface area contributed by atoms with Crippen molar-refractivity contribution in [2.24, 2.45) is 0 Å². The van der Waals surface area contributed by atoms with Gasteiger partial charge in [-0.05, 0) is 12.5 Å². The van der Waals surface area contributed by atoms with Gasteiger partial charge in [-0.2, -0.15) is 5.10 Å². The second-order valence-electron chi connectivity index (χ2n) is 4.55. The fourth-order valence-corrected chi connectivity index (χ4v) is 2.18. The van der Waals surface area contributed by atoms with Crippen LogP contribution < -0.4 is 0 Å². The molecule has 0 fully saturated rings. The Labute approximate surface area is 106 Å². The highest BCUT2D eigenvalue weighted by molar-refractivity contribution is 6.00. The highest BCUT2D eigenvalue weighted by Crippen LogP contribution is 2.19. The number of nitrogens with zero attached hydrogens (tertiary/aromatic N) is 4. The van der Waals surface area contributed by atoms with Gasteiger partial charge in [0.1, 0.15) is 11.0 Å². The molecule has 0 aliphatic carbocycles. The molecule has 0 aliphatic rings. The third kappa shape index (κ3) is 1.94. The van der Waals surface area contributed by atoms with E-state index >= 15 is 0 Å². The standard InChI is InChI=1S/C14H16N4/c1-2-3-6-9-18-10-13-14(17-18)11-7-4-5-8-12(11)15-16-13/h4-5,7-8,10H,2-3,6,9H2,1H3. The Bertz CT molecular complexity index is 672. The molecule has 0 bridgehead atoms. The normalized spacial score (nSPS) is 11.4. The van der Waals surface area contributed by atoms with Crippen molar-refractivity contribution in [3.63, 3.8) is 0 Å². The monoisotopic (exact) mass is 240 g/mol. The molecule has 0 radical (unpaired) electrons. The first kappa shape index (κ1) is 11.1. The molecular formula is C14H16N4.